The van der Waals surface area contributed by atoms with Gasteiger partial charge in [-0.25, -0.2) is 4.39 Å². The Morgan fingerprint density at radius 3 is 2.33 bits per heavy atom. The quantitative estimate of drug-likeness (QED) is 0.630. The van der Waals surface area contributed by atoms with Crippen LogP contribution in [0.5, 0.6) is 0 Å². The highest BCUT2D eigenvalue weighted by Gasteiger charge is 1.99. The molecule has 0 radical (unpaired) electrons. The third-order valence-corrected chi connectivity index (χ3v) is 3.18. The second kappa shape index (κ2) is 6.34. The van der Waals surface area contributed by atoms with Crippen molar-refractivity contribution in [2.24, 2.45) is 0 Å². The van der Waals surface area contributed by atoms with Crippen LogP contribution in [0.15, 0.2) is 48.5 Å². The highest BCUT2D eigenvalue weighted by Crippen LogP contribution is 2.21. The number of rotatable bonds is 5. The molecule has 0 aliphatic carbocycles. The summed E-state index contributed by atoms with van der Waals surface area (Å²) in [4.78, 5) is 0. The van der Waals surface area contributed by atoms with Crippen LogP contribution in [0.1, 0.15) is 31.7 Å². The molecule has 0 heterocycles. The molecule has 0 bridgehead atoms. The van der Waals surface area contributed by atoms with E-state index in [1.165, 1.54) is 30.9 Å². The minimum absolute atomic E-state index is 0.181. The van der Waals surface area contributed by atoms with Crippen molar-refractivity contribution in [2.45, 2.75) is 32.6 Å². The summed E-state index contributed by atoms with van der Waals surface area (Å²) >= 11 is 0. The number of hydrogen-bond donors (Lipinski definition) is 0. The van der Waals surface area contributed by atoms with Gasteiger partial charge in [-0.05, 0) is 41.7 Å². The van der Waals surface area contributed by atoms with Gasteiger partial charge in [0.1, 0.15) is 5.82 Å². The second-order valence-corrected chi connectivity index (χ2v) is 4.66. The van der Waals surface area contributed by atoms with Crippen LogP contribution in [0, 0.1) is 5.82 Å². The normalized spacial score (nSPS) is 10.6. The Labute approximate surface area is 108 Å². The van der Waals surface area contributed by atoms with E-state index in [0.717, 1.165) is 17.5 Å². The molecule has 2 aromatic rings. The lowest BCUT2D eigenvalue weighted by Gasteiger charge is -2.04. The Bertz CT molecular complexity index is 485. The van der Waals surface area contributed by atoms with Crippen LogP contribution in [0.2, 0.25) is 0 Å². The molecule has 0 saturated carbocycles. The van der Waals surface area contributed by atoms with Gasteiger partial charge in [0.05, 0.1) is 0 Å². The van der Waals surface area contributed by atoms with E-state index in [2.05, 4.69) is 31.2 Å². The summed E-state index contributed by atoms with van der Waals surface area (Å²) in [7, 11) is 0. The van der Waals surface area contributed by atoms with Crippen molar-refractivity contribution in [1.29, 1.82) is 0 Å². The zero-order valence-electron chi connectivity index (χ0n) is 10.8. The Balaban J connectivity index is 2.07. The maximum Gasteiger partial charge on any atom is 0.123 e. The highest BCUT2D eigenvalue weighted by atomic mass is 19.1. The maximum absolute atomic E-state index is 13.1. The summed E-state index contributed by atoms with van der Waals surface area (Å²) in [6.07, 6.45) is 4.92. The fourth-order valence-electron chi connectivity index (χ4n) is 2.11. The molecule has 0 nitrogen and oxygen atoms in total. The SMILES string of the molecule is CCCCCc1ccc(-c2cccc(F)c2)cc1. The smallest absolute Gasteiger partial charge is 0.123 e. The molecule has 18 heavy (non-hydrogen) atoms. The molecule has 0 aliphatic heterocycles. The van der Waals surface area contributed by atoms with Crippen LogP contribution in [-0.4, -0.2) is 0 Å². The van der Waals surface area contributed by atoms with E-state index in [9.17, 15) is 4.39 Å². The lowest BCUT2D eigenvalue weighted by molar-refractivity contribution is 0.628. The minimum atomic E-state index is -0.181. The number of hydrogen-bond acceptors (Lipinski definition) is 0. The molecular formula is C17H19F. The highest BCUT2D eigenvalue weighted by molar-refractivity contribution is 5.63. The summed E-state index contributed by atoms with van der Waals surface area (Å²) < 4.78 is 13.1. The lowest BCUT2D eigenvalue weighted by atomic mass is 10.0. The van der Waals surface area contributed by atoms with E-state index in [1.807, 2.05) is 6.07 Å². The molecule has 0 aliphatic rings. The molecule has 0 atom stereocenters. The molecular weight excluding hydrogens is 223 g/mol. The zero-order valence-corrected chi connectivity index (χ0v) is 10.8. The Morgan fingerprint density at radius 2 is 1.67 bits per heavy atom. The molecule has 2 aromatic carbocycles. The average Bonchev–Trinajstić information content (AvgIpc) is 2.40. The summed E-state index contributed by atoms with van der Waals surface area (Å²) in [6, 6.07) is 15.2. The van der Waals surface area contributed by atoms with E-state index in [4.69, 9.17) is 0 Å². The third-order valence-electron chi connectivity index (χ3n) is 3.18. The molecule has 0 saturated heterocycles. The van der Waals surface area contributed by atoms with Gasteiger partial charge in [-0.1, -0.05) is 56.2 Å². The molecule has 0 fully saturated rings. The third kappa shape index (κ3) is 3.43. The largest absolute Gasteiger partial charge is 0.207 e. The van der Waals surface area contributed by atoms with Crippen molar-refractivity contribution in [1.82, 2.24) is 0 Å². The van der Waals surface area contributed by atoms with Gasteiger partial charge in [0.15, 0.2) is 0 Å². The Hall–Kier alpha value is -1.63. The van der Waals surface area contributed by atoms with Crippen LogP contribution in [0.4, 0.5) is 4.39 Å². The number of benzene rings is 2. The average molecular weight is 242 g/mol. The first-order valence-corrected chi connectivity index (χ1v) is 6.64. The second-order valence-electron chi connectivity index (χ2n) is 4.66. The van der Waals surface area contributed by atoms with Crippen molar-refractivity contribution in [3.63, 3.8) is 0 Å². The van der Waals surface area contributed by atoms with E-state index >= 15 is 0 Å². The zero-order chi connectivity index (χ0) is 12.8. The minimum Gasteiger partial charge on any atom is -0.207 e. The first kappa shape index (κ1) is 12.8. The molecule has 0 amide bonds. The Morgan fingerprint density at radius 1 is 0.889 bits per heavy atom. The van der Waals surface area contributed by atoms with Crippen molar-refractivity contribution in [2.75, 3.05) is 0 Å². The fourth-order valence-corrected chi connectivity index (χ4v) is 2.11. The van der Waals surface area contributed by atoms with E-state index in [-0.39, 0.29) is 5.82 Å². The van der Waals surface area contributed by atoms with Gasteiger partial charge in [-0.2, -0.15) is 0 Å². The van der Waals surface area contributed by atoms with Crippen molar-refractivity contribution in [3.05, 3.63) is 59.9 Å². The summed E-state index contributed by atoms with van der Waals surface area (Å²) in [5.41, 5.74) is 3.38. The molecule has 1 heteroatoms. The summed E-state index contributed by atoms with van der Waals surface area (Å²) in [5, 5.41) is 0. The van der Waals surface area contributed by atoms with E-state index in [0.29, 0.717) is 0 Å². The predicted molar refractivity (Wildman–Crippen MR) is 75.1 cm³/mol. The van der Waals surface area contributed by atoms with Gasteiger partial charge in [0.25, 0.3) is 0 Å². The van der Waals surface area contributed by atoms with E-state index in [1.54, 1.807) is 12.1 Å². The van der Waals surface area contributed by atoms with Crippen LogP contribution in [-0.2, 0) is 6.42 Å². The fraction of sp³-hybridized carbons (Fsp3) is 0.294. The van der Waals surface area contributed by atoms with Crippen LogP contribution < -0.4 is 0 Å². The summed E-state index contributed by atoms with van der Waals surface area (Å²) in [5.74, 6) is -0.181. The number of halogens is 1. The first-order valence-electron chi connectivity index (χ1n) is 6.64. The van der Waals surface area contributed by atoms with Gasteiger partial charge >= 0.3 is 0 Å². The molecule has 94 valence electrons. The molecule has 0 unspecified atom stereocenters. The Kier molecular flexibility index (Phi) is 4.52. The van der Waals surface area contributed by atoms with Crippen molar-refractivity contribution in [3.8, 4) is 11.1 Å². The topological polar surface area (TPSA) is 0 Å². The standard InChI is InChI=1S/C17H19F/c1-2-3-4-6-14-9-11-15(12-10-14)16-7-5-8-17(18)13-16/h5,7-13H,2-4,6H2,1H3. The number of unbranched alkanes of at least 4 members (excludes halogenated alkanes) is 2. The van der Waals surface area contributed by atoms with Gasteiger partial charge in [-0.15, -0.1) is 0 Å². The number of aryl methyl sites for hydroxylation is 1. The van der Waals surface area contributed by atoms with Crippen LogP contribution in [0.3, 0.4) is 0 Å². The molecule has 2 rings (SSSR count). The monoisotopic (exact) mass is 242 g/mol. The van der Waals surface area contributed by atoms with Gasteiger partial charge in [-0.3, -0.25) is 0 Å². The molecule has 0 aromatic heterocycles. The van der Waals surface area contributed by atoms with Crippen molar-refractivity contribution < 1.29 is 4.39 Å². The van der Waals surface area contributed by atoms with Crippen LogP contribution in [0.25, 0.3) is 11.1 Å². The summed E-state index contributed by atoms with van der Waals surface area (Å²) in [6.45, 7) is 2.22. The lowest BCUT2D eigenvalue weighted by Crippen LogP contribution is -1.86. The van der Waals surface area contributed by atoms with Crippen LogP contribution >= 0.6 is 0 Å². The molecule has 0 spiro atoms. The van der Waals surface area contributed by atoms with Gasteiger partial charge in [0, 0.05) is 0 Å². The van der Waals surface area contributed by atoms with Gasteiger partial charge < -0.3 is 0 Å². The maximum atomic E-state index is 13.1. The predicted octanol–water partition coefficient (Wildman–Crippen LogP) is 5.23. The molecule has 0 N–H and O–H groups in total. The van der Waals surface area contributed by atoms with E-state index < -0.39 is 0 Å². The van der Waals surface area contributed by atoms with Crippen molar-refractivity contribution >= 4 is 0 Å². The first-order chi connectivity index (χ1) is 8.79. The van der Waals surface area contributed by atoms with Gasteiger partial charge in [0.2, 0.25) is 0 Å².